The second kappa shape index (κ2) is 29.7. The van der Waals surface area contributed by atoms with Crippen LogP contribution in [0.1, 0.15) is 36.8 Å². The molecule has 0 spiro atoms. The second-order valence-corrected chi connectivity index (χ2v) is 26.8. The minimum Gasteiger partial charge on any atom is -0.495 e. The summed E-state index contributed by atoms with van der Waals surface area (Å²) in [6.07, 6.45) is 15.6. The number of morpholine rings is 2. The van der Waals surface area contributed by atoms with Crippen LogP contribution in [-0.4, -0.2) is 184 Å². The molecule has 4 aliphatic rings. The third-order valence-electron chi connectivity index (χ3n) is 15.9. The minimum absolute atomic E-state index is 0.0000954. The van der Waals surface area contributed by atoms with E-state index in [0.29, 0.717) is 62.6 Å². The predicted molar refractivity (Wildman–Crippen MR) is 360 cm³/mol. The van der Waals surface area contributed by atoms with Crippen LogP contribution in [0.25, 0.3) is 22.1 Å². The number of ether oxygens (including phenoxy) is 4. The number of methoxy groups -OCH3 is 2. The fourth-order valence-corrected chi connectivity index (χ4v) is 13.1. The molecule has 0 amide bonds. The number of nitrogens with zero attached hydrogens (tertiary/aromatic N) is 12. The molecule has 4 saturated heterocycles. The second-order valence-electron chi connectivity index (χ2n) is 22.1. The van der Waals surface area contributed by atoms with Gasteiger partial charge in [-0.05, 0) is 98.7 Å². The summed E-state index contributed by atoms with van der Waals surface area (Å²) in [5.74, 6) is 2.21. The first-order valence-corrected chi connectivity index (χ1v) is 34.3. The van der Waals surface area contributed by atoms with Crippen LogP contribution in [0.4, 0.5) is 63.1 Å². The van der Waals surface area contributed by atoms with E-state index in [1.807, 2.05) is 12.1 Å². The molecule has 91 heavy (non-hydrogen) atoms. The van der Waals surface area contributed by atoms with Gasteiger partial charge >= 0.3 is 0 Å². The quantitative estimate of drug-likeness (QED) is 0.0388. The van der Waals surface area contributed by atoms with E-state index in [4.69, 9.17) is 59.5 Å². The molecule has 4 aromatic carbocycles. The van der Waals surface area contributed by atoms with Gasteiger partial charge in [-0.3, -0.25) is 39.2 Å². The Labute approximate surface area is 544 Å². The number of fused-ring (bicyclic) bond motifs is 2. The lowest BCUT2D eigenvalue weighted by atomic mass is 10.0. The number of rotatable bonds is 16. The number of anilines is 11. The Bertz CT molecular complexity index is 4100. The monoisotopic (exact) mass is 1340 g/mol. The highest BCUT2D eigenvalue weighted by Crippen LogP contribution is 2.40. The predicted octanol–water partition coefficient (Wildman–Crippen LogP) is 9.28. The van der Waals surface area contributed by atoms with E-state index in [1.165, 1.54) is 61.3 Å². The van der Waals surface area contributed by atoms with Crippen molar-refractivity contribution in [3.05, 3.63) is 112 Å². The lowest BCUT2D eigenvalue weighted by Gasteiger charge is -2.41. The summed E-state index contributed by atoms with van der Waals surface area (Å²) in [5.41, 5.74) is 15.2. The van der Waals surface area contributed by atoms with Crippen LogP contribution in [0.3, 0.4) is 0 Å². The van der Waals surface area contributed by atoms with Gasteiger partial charge in [0.2, 0.25) is 31.3 Å². The molecular formula is C60H73Cl3N18O8S2. The normalized spacial score (nSPS) is 16.3. The van der Waals surface area contributed by atoms with E-state index < -0.39 is 20.0 Å². The Balaban J connectivity index is 0.000000166. The molecule has 31 heteroatoms. The average molecular weight is 1340 g/mol. The van der Waals surface area contributed by atoms with Gasteiger partial charge in [-0.25, -0.2) is 26.8 Å². The molecule has 4 aliphatic heterocycles. The van der Waals surface area contributed by atoms with Crippen LogP contribution in [-0.2, 0) is 29.5 Å². The van der Waals surface area contributed by atoms with Crippen LogP contribution < -0.4 is 50.4 Å². The molecule has 0 aliphatic carbocycles. The first-order chi connectivity index (χ1) is 43.7. The fraction of sp³-hybridized carbons (Fsp3) is 0.400. The van der Waals surface area contributed by atoms with E-state index >= 15 is 0 Å². The van der Waals surface area contributed by atoms with Crippen molar-refractivity contribution in [3.8, 4) is 11.5 Å². The van der Waals surface area contributed by atoms with Crippen molar-refractivity contribution < 1.29 is 35.8 Å². The molecule has 0 unspecified atom stereocenters. The van der Waals surface area contributed by atoms with Crippen molar-refractivity contribution in [1.82, 2.24) is 49.7 Å². The van der Waals surface area contributed by atoms with Gasteiger partial charge in [0, 0.05) is 113 Å². The van der Waals surface area contributed by atoms with Crippen molar-refractivity contribution in [2.24, 2.45) is 0 Å². The maximum Gasteiger partial charge on any atom is 0.229 e. The smallest absolute Gasteiger partial charge is 0.229 e. The first-order valence-electron chi connectivity index (χ1n) is 29.4. The molecule has 0 bridgehead atoms. The third-order valence-corrected chi connectivity index (χ3v) is 17.8. The summed E-state index contributed by atoms with van der Waals surface area (Å²) < 4.78 is 74.9. The number of aryl methyl sites for hydroxylation is 2. The Morgan fingerprint density at radius 1 is 0.538 bits per heavy atom. The maximum absolute atomic E-state index is 12.2. The standard InChI is InChI=1S/C30H36ClN9O4S.C17H27N3O2.C13H10Cl2N6O2S/c1-19-16-24(26(43-2)17-25(19)40-10-6-20(7-11-40)39-12-14-44-15-13-39)36-30-34-18-21(31)29(37-30)35-23-5-4-22-27(33-9-8-32-22)28(23)38-45(3,41)42;1-13-11-15(18)17(21-2)12-16(13)20-5-3-14(4-6-20)19-7-9-22-10-8-19;1-24(22,23)21-11-9(3-2-8-10(11)17-5-4-16-8)19-12-7(14)6-18-13(15)20-12/h4-5,8-9,16-18,20,38H,6-7,10-15H2,1-3H3,(H2,34,35,36,37);11-12,14H,3-10,18H2,1-2H3;2-6,21H,1H3,(H,18,19,20). The molecule has 484 valence electrons. The average Bonchev–Trinajstić information content (AvgIpc) is 1.44. The zero-order valence-corrected chi connectivity index (χ0v) is 55.1. The van der Waals surface area contributed by atoms with Crippen LogP contribution >= 0.6 is 34.8 Å². The van der Waals surface area contributed by atoms with Gasteiger partial charge in [-0.2, -0.15) is 9.97 Å². The summed E-state index contributed by atoms with van der Waals surface area (Å²) >= 11 is 18.3. The van der Waals surface area contributed by atoms with Crippen LogP contribution in [0.2, 0.25) is 15.3 Å². The fourth-order valence-electron chi connectivity index (χ4n) is 11.5. The zero-order chi connectivity index (χ0) is 64.4. The number of nitrogens with two attached hydrogens (primary N) is 1. The third kappa shape index (κ3) is 17.1. The number of aromatic nitrogens is 8. The highest BCUT2D eigenvalue weighted by molar-refractivity contribution is 7.92. The van der Waals surface area contributed by atoms with Crippen molar-refractivity contribution >= 4 is 140 Å². The molecule has 0 atom stereocenters. The van der Waals surface area contributed by atoms with Gasteiger partial charge in [0.25, 0.3) is 0 Å². The number of benzene rings is 4. The van der Waals surface area contributed by atoms with Crippen LogP contribution in [0.15, 0.2) is 85.7 Å². The van der Waals surface area contributed by atoms with E-state index in [1.54, 1.807) is 38.5 Å². The highest BCUT2D eigenvalue weighted by atomic mass is 35.5. The molecule has 0 radical (unpaired) electrons. The molecule has 12 rings (SSSR count). The van der Waals surface area contributed by atoms with E-state index in [9.17, 15) is 16.8 Å². The van der Waals surface area contributed by atoms with Gasteiger partial charge in [0.05, 0.1) is 111 Å². The molecule has 8 aromatic rings. The van der Waals surface area contributed by atoms with Crippen molar-refractivity contribution in [2.45, 2.75) is 51.6 Å². The molecular weight excluding hydrogens is 1270 g/mol. The van der Waals surface area contributed by atoms with Gasteiger partial charge in [0.15, 0.2) is 11.6 Å². The zero-order valence-electron chi connectivity index (χ0n) is 51.2. The summed E-state index contributed by atoms with van der Waals surface area (Å²) in [5, 5.41) is 9.80. The molecule has 0 saturated carbocycles. The molecule has 26 nitrogen and oxygen atoms in total. The lowest BCUT2D eigenvalue weighted by Crippen LogP contribution is -2.49. The number of piperidine rings is 2. The highest BCUT2D eigenvalue weighted by Gasteiger charge is 2.29. The Kier molecular flexibility index (Phi) is 21.7. The van der Waals surface area contributed by atoms with E-state index in [0.717, 1.165) is 121 Å². The van der Waals surface area contributed by atoms with Crippen LogP contribution in [0.5, 0.6) is 11.5 Å². The molecule has 8 heterocycles. The molecule has 4 aromatic heterocycles. The topological polar surface area (TPSA) is 307 Å². The molecule has 7 N–H and O–H groups in total. The summed E-state index contributed by atoms with van der Waals surface area (Å²) in [4.78, 5) is 43.7. The minimum atomic E-state index is -3.63. The number of halogens is 3. The van der Waals surface area contributed by atoms with Gasteiger partial charge in [0.1, 0.15) is 32.6 Å². The van der Waals surface area contributed by atoms with Crippen molar-refractivity contribution in [3.63, 3.8) is 0 Å². The lowest BCUT2D eigenvalue weighted by molar-refractivity contribution is 0.0115. The largest absolute Gasteiger partial charge is 0.495 e. The van der Waals surface area contributed by atoms with Crippen molar-refractivity contribution in [1.29, 1.82) is 0 Å². The summed E-state index contributed by atoms with van der Waals surface area (Å²) in [6.45, 7) is 15.9. The number of nitrogen functional groups attached to an aromatic ring is 1. The number of nitrogens with one attached hydrogen (secondary N) is 5. The number of sulfonamides is 2. The van der Waals surface area contributed by atoms with Gasteiger partial charge in [-0.15, -0.1) is 0 Å². The van der Waals surface area contributed by atoms with Gasteiger partial charge in [-0.1, -0.05) is 23.2 Å². The number of hydrogen-bond donors (Lipinski definition) is 6. The van der Waals surface area contributed by atoms with Crippen LogP contribution in [0, 0.1) is 13.8 Å². The SMILES string of the molecule is COc1cc(N2CCC(N3CCOCC3)CC2)c(C)cc1N.COc1cc(N2CCC(N3CCOCC3)CC2)c(C)cc1Nc1ncc(Cl)c(Nc2ccc3nccnc3c2NS(C)(=O)=O)n1.CS(=O)(=O)Nc1c(Nc2nc(Cl)ncc2Cl)ccc2nccnc12. The van der Waals surface area contributed by atoms with E-state index in [2.05, 4.69) is 111 Å². The van der Waals surface area contributed by atoms with E-state index in [-0.39, 0.29) is 44.3 Å². The summed E-state index contributed by atoms with van der Waals surface area (Å²) in [6, 6.07) is 16.2. The maximum atomic E-state index is 12.2. The Hall–Kier alpha value is -7.67. The number of hydrogen-bond acceptors (Lipinski definition) is 24. The van der Waals surface area contributed by atoms with Gasteiger partial charge < -0.3 is 50.4 Å². The Morgan fingerprint density at radius 3 is 1.45 bits per heavy atom. The first kappa shape index (κ1) is 66.3. The van der Waals surface area contributed by atoms with Crippen molar-refractivity contribution in [2.75, 3.05) is 146 Å². The summed E-state index contributed by atoms with van der Waals surface area (Å²) in [7, 11) is -3.87. The molecule has 4 fully saturated rings. The Morgan fingerprint density at radius 2 is 0.978 bits per heavy atom.